The second-order valence-electron chi connectivity index (χ2n) is 3.23. The van der Waals surface area contributed by atoms with Crippen LogP contribution in [0, 0.1) is 0 Å². The van der Waals surface area contributed by atoms with Crippen LogP contribution in [-0.4, -0.2) is 27.1 Å². The molecular weight excluding hydrogens is 377 g/mol. The van der Waals surface area contributed by atoms with Gasteiger partial charge >= 0.3 is 6.36 Å². The van der Waals surface area contributed by atoms with Gasteiger partial charge in [0.2, 0.25) is 9.05 Å². The highest BCUT2D eigenvalue weighted by molar-refractivity contribution is 9.10. The summed E-state index contributed by atoms with van der Waals surface area (Å²) in [4.78, 5) is 0. The van der Waals surface area contributed by atoms with E-state index in [9.17, 15) is 21.6 Å². The first-order valence-electron chi connectivity index (χ1n) is 4.67. The molecule has 4 nitrogen and oxygen atoms in total. The summed E-state index contributed by atoms with van der Waals surface area (Å²) in [5.74, 6) is -0.654. The molecule has 0 atom stereocenters. The number of ether oxygens (including phenoxy) is 2. The fourth-order valence-electron chi connectivity index (χ4n) is 1.04. The van der Waals surface area contributed by atoms with E-state index in [0.717, 1.165) is 6.07 Å². The van der Waals surface area contributed by atoms with Gasteiger partial charge in [-0.05, 0) is 34.1 Å². The van der Waals surface area contributed by atoms with Crippen molar-refractivity contribution in [1.82, 2.24) is 0 Å². The van der Waals surface area contributed by atoms with Crippen molar-refractivity contribution in [2.75, 3.05) is 12.4 Å². The molecule has 0 aromatic heterocycles. The van der Waals surface area contributed by atoms with Crippen LogP contribution >= 0.6 is 26.6 Å². The quantitative estimate of drug-likeness (QED) is 0.732. The first-order valence-corrected chi connectivity index (χ1v) is 7.94. The standard InChI is InChI=1S/C9H7BrClF3O4S/c10-7-5-6(17-3-4-19(11,15)16)1-2-8(7)18-9(12,13)14/h1-2,5H,3-4H2. The second-order valence-corrected chi connectivity index (χ2v) is 6.98. The Morgan fingerprint density at radius 1 is 1.32 bits per heavy atom. The highest BCUT2D eigenvalue weighted by Gasteiger charge is 2.31. The van der Waals surface area contributed by atoms with Crippen LogP contribution in [0.4, 0.5) is 13.2 Å². The smallest absolute Gasteiger partial charge is 0.492 e. The molecule has 1 aromatic carbocycles. The molecule has 0 aliphatic carbocycles. The van der Waals surface area contributed by atoms with Crippen LogP contribution in [0.1, 0.15) is 0 Å². The van der Waals surface area contributed by atoms with E-state index in [0.29, 0.717) is 0 Å². The van der Waals surface area contributed by atoms with Crippen LogP contribution in [0.25, 0.3) is 0 Å². The minimum absolute atomic E-state index is 0.0241. The average molecular weight is 384 g/mol. The summed E-state index contributed by atoms with van der Waals surface area (Å²) in [5.41, 5.74) is 0. The minimum Gasteiger partial charge on any atom is -0.492 e. The van der Waals surface area contributed by atoms with Gasteiger partial charge in [0.25, 0.3) is 0 Å². The summed E-state index contributed by atoms with van der Waals surface area (Å²) in [6, 6.07) is 3.48. The number of alkyl halides is 3. The Bertz CT molecular complexity index is 547. The molecule has 19 heavy (non-hydrogen) atoms. The Morgan fingerprint density at radius 3 is 2.42 bits per heavy atom. The van der Waals surface area contributed by atoms with Gasteiger partial charge < -0.3 is 9.47 Å². The zero-order valence-electron chi connectivity index (χ0n) is 9.08. The van der Waals surface area contributed by atoms with Crippen molar-refractivity contribution in [2.45, 2.75) is 6.36 Å². The summed E-state index contributed by atoms with van der Waals surface area (Å²) < 4.78 is 66.0. The highest BCUT2D eigenvalue weighted by Crippen LogP contribution is 2.33. The zero-order valence-corrected chi connectivity index (χ0v) is 12.2. The molecular formula is C9H7BrClF3O4S. The van der Waals surface area contributed by atoms with Crippen molar-refractivity contribution in [3.05, 3.63) is 22.7 Å². The highest BCUT2D eigenvalue weighted by atomic mass is 79.9. The van der Waals surface area contributed by atoms with Gasteiger partial charge in [0, 0.05) is 10.7 Å². The van der Waals surface area contributed by atoms with E-state index in [1.165, 1.54) is 12.1 Å². The van der Waals surface area contributed by atoms with Crippen molar-refractivity contribution in [3.8, 4) is 11.5 Å². The fraction of sp³-hybridized carbons (Fsp3) is 0.333. The molecule has 1 rings (SSSR count). The van der Waals surface area contributed by atoms with E-state index in [4.69, 9.17) is 15.4 Å². The third kappa shape index (κ3) is 6.88. The van der Waals surface area contributed by atoms with E-state index in [1.807, 2.05) is 0 Å². The lowest BCUT2D eigenvalue weighted by Gasteiger charge is -2.12. The molecule has 0 saturated carbocycles. The number of hydrogen-bond acceptors (Lipinski definition) is 4. The van der Waals surface area contributed by atoms with Gasteiger partial charge in [0.1, 0.15) is 18.1 Å². The number of benzene rings is 1. The van der Waals surface area contributed by atoms with Crippen LogP contribution < -0.4 is 9.47 Å². The Hall–Kier alpha value is -0.670. The maximum atomic E-state index is 12.0. The maximum absolute atomic E-state index is 12.0. The molecule has 0 amide bonds. The van der Waals surface area contributed by atoms with Gasteiger partial charge in [-0.25, -0.2) is 8.42 Å². The predicted molar refractivity (Wildman–Crippen MR) is 66.0 cm³/mol. The Balaban J connectivity index is 2.67. The summed E-state index contributed by atoms with van der Waals surface area (Å²) in [6.07, 6.45) is -4.79. The number of rotatable bonds is 5. The normalized spacial score (nSPS) is 12.3. The van der Waals surface area contributed by atoms with Crippen molar-refractivity contribution >= 4 is 35.7 Å². The molecule has 0 radical (unpaired) electrons. The number of halogens is 5. The van der Waals surface area contributed by atoms with Gasteiger partial charge in [-0.3, -0.25) is 0 Å². The van der Waals surface area contributed by atoms with Crippen molar-refractivity contribution < 1.29 is 31.1 Å². The first-order chi connectivity index (χ1) is 8.57. The van der Waals surface area contributed by atoms with Crippen LogP contribution in [0.5, 0.6) is 11.5 Å². The summed E-state index contributed by atoms with van der Waals surface area (Å²) in [6.45, 7) is -0.211. The Kier molecular flexibility index (Phi) is 5.34. The van der Waals surface area contributed by atoms with E-state index in [2.05, 4.69) is 20.7 Å². The Labute approximate surface area is 120 Å². The van der Waals surface area contributed by atoms with E-state index < -0.39 is 26.9 Å². The second kappa shape index (κ2) is 6.19. The molecule has 0 unspecified atom stereocenters. The third-order valence-electron chi connectivity index (χ3n) is 1.72. The average Bonchev–Trinajstić information content (AvgIpc) is 2.18. The zero-order chi connectivity index (χ0) is 14.7. The first kappa shape index (κ1) is 16.4. The molecule has 10 heteroatoms. The summed E-state index contributed by atoms with van der Waals surface area (Å²) in [7, 11) is 1.29. The van der Waals surface area contributed by atoms with Crippen LogP contribution in [0.2, 0.25) is 0 Å². The lowest BCUT2D eigenvalue weighted by atomic mass is 10.3. The molecule has 0 bridgehead atoms. The molecule has 0 spiro atoms. The maximum Gasteiger partial charge on any atom is 0.573 e. The number of hydrogen-bond donors (Lipinski definition) is 0. The lowest BCUT2D eigenvalue weighted by molar-refractivity contribution is -0.274. The molecule has 108 valence electrons. The largest absolute Gasteiger partial charge is 0.573 e. The van der Waals surface area contributed by atoms with Gasteiger partial charge in [-0.15, -0.1) is 13.2 Å². The fourth-order valence-corrected chi connectivity index (χ4v) is 1.95. The SMILES string of the molecule is O=S(=O)(Cl)CCOc1ccc(OC(F)(F)F)c(Br)c1. The van der Waals surface area contributed by atoms with Gasteiger partial charge in [-0.1, -0.05) is 0 Å². The molecule has 0 aliphatic rings. The molecule has 0 fully saturated rings. The van der Waals surface area contributed by atoms with E-state index >= 15 is 0 Å². The van der Waals surface area contributed by atoms with E-state index in [-0.39, 0.29) is 16.8 Å². The Morgan fingerprint density at radius 2 is 1.95 bits per heavy atom. The monoisotopic (exact) mass is 382 g/mol. The molecule has 0 saturated heterocycles. The molecule has 0 heterocycles. The summed E-state index contributed by atoms with van der Waals surface area (Å²) in [5, 5.41) is 0. The molecule has 0 aliphatic heterocycles. The van der Waals surface area contributed by atoms with Gasteiger partial charge in [0.15, 0.2) is 0 Å². The van der Waals surface area contributed by atoms with Gasteiger partial charge in [0.05, 0.1) is 10.2 Å². The van der Waals surface area contributed by atoms with Crippen molar-refractivity contribution in [3.63, 3.8) is 0 Å². The topological polar surface area (TPSA) is 52.6 Å². The predicted octanol–water partition coefficient (Wildman–Crippen LogP) is 3.30. The van der Waals surface area contributed by atoms with Crippen LogP contribution in [0.3, 0.4) is 0 Å². The van der Waals surface area contributed by atoms with Crippen molar-refractivity contribution in [1.29, 1.82) is 0 Å². The third-order valence-corrected chi connectivity index (χ3v) is 3.46. The minimum atomic E-state index is -4.79. The van der Waals surface area contributed by atoms with Crippen LogP contribution in [-0.2, 0) is 9.05 Å². The van der Waals surface area contributed by atoms with E-state index in [1.54, 1.807) is 0 Å². The van der Waals surface area contributed by atoms with Gasteiger partial charge in [-0.2, -0.15) is 0 Å². The van der Waals surface area contributed by atoms with Crippen molar-refractivity contribution in [2.24, 2.45) is 0 Å². The molecule has 1 aromatic rings. The summed E-state index contributed by atoms with van der Waals surface area (Å²) >= 11 is 2.88. The van der Waals surface area contributed by atoms with Crippen LogP contribution in [0.15, 0.2) is 22.7 Å². The molecule has 0 N–H and O–H groups in total. The lowest BCUT2D eigenvalue weighted by Crippen LogP contribution is -2.17.